The minimum absolute atomic E-state index is 0.0661. The average molecular weight is 415 g/mol. The number of nitrogens with two attached hydrogens (primary N) is 1. The van der Waals surface area contributed by atoms with Gasteiger partial charge in [0.15, 0.2) is 10.9 Å². The number of hydrogen-bond acceptors (Lipinski definition) is 5. The van der Waals surface area contributed by atoms with E-state index in [-0.39, 0.29) is 22.2 Å². The van der Waals surface area contributed by atoms with Crippen molar-refractivity contribution in [1.29, 1.82) is 0 Å². The number of furan rings is 1. The summed E-state index contributed by atoms with van der Waals surface area (Å²) in [6.07, 6.45) is 1.42. The van der Waals surface area contributed by atoms with Gasteiger partial charge in [-0.3, -0.25) is 10.2 Å². The summed E-state index contributed by atoms with van der Waals surface area (Å²) < 4.78 is 11.6. The highest BCUT2D eigenvalue weighted by molar-refractivity contribution is 7.80. The van der Waals surface area contributed by atoms with Gasteiger partial charge in [-0.2, -0.15) is 5.10 Å². The number of thiocarbonyl (C=S) groups is 1. The summed E-state index contributed by atoms with van der Waals surface area (Å²) in [7, 11) is 0. The van der Waals surface area contributed by atoms with Crippen LogP contribution in [0.1, 0.15) is 54.6 Å². The number of amides is 1. The van der Waals surface area contributed by atoms with E-state index in [4.69, 9.17) is 27.1 Å². The van der Waals surface area contributed by atoms with Gasteiger partial charge in [0.25, 0.3) is 5.91 Å². The first-order valence-corrected chi connectivity index (χ1v) is 9.90. The monoisotopic (exact) mass is 414 g/mol. The van der Waals surface area contributed by atoms with Crippen LogP contribution >= 0.6 is 12.2 Å². The first-order chi connectivity index (χ1) is 13.7. The molecule has 1 aromatic carbocycles. The predicted octanol–water partition coefficient (Wildman–Crippen LogP) is 3.75. The van der Waals surface area contributed by atoms with E-state index in [1.807, 2.05) is 32.0 Å². The van der Waals surface area contributed by atoms with Gasteiger partial charge in [-0.05, 0) is 50.0 Å². The molecule has 0 unspecified atom stereocenters. The minimum Gasteiger partial charge on any atom is -0.492 e. The Morgan fingerprint density at radius 2 is 2.07 bits per heavy atom. The summed E-state index contributed by atoms with van der Waals surface area (Å²) in [4.78, 5) is 13.0. The largest absolute Gasteiger partial charge is 0.492 e. The number of hydrogen-bond donors (Lipinski definition) is 3. The summed E-state index contributed by atoms with van der Waals surface area (Å²) in [6, 6.07) is 7.31. The van der Waals surface area contributed by atoms with Gasteiger partial charge < -0.3 is 20.2 Å². The summed E-state index contributed by atoms with van der Waals surface area (Å²) >= 11 is 4.87. The first kappa shape index (κ1) is 20.9. The van der Waals surface area contributed by atoms with Crippen LogP contribution in [-0.2, 0) is 6.42 Å². The molecule has 0 aliphatic heterocycles. The van der Waals surface area contributed by atoms with Gasteiger partial charge in [0, 0.05) is 17.5 Å². The van der Waals surface area contributed by atoms with E-state index in [9.17, 15) is 4.79 Å². The quantitative estimate of drug-likeness (QED) is 0.509. The smallest absolute Gasteiger partial charge is 0.291 e. The first-order valence-electron chi connectivity index (χ1n) is 9.49. The van der Waals surface area contributed by atoms with E-state index >= 15 is 0 Å². The second-order valence-electron chi connectivity index (χ2n) is 7.79. The van der Waals surface area contributed by atoms with Gasteiger partial charge in [-0.15, -0.1) is 0 Å². The van der Waals surface area contributed by atoms with Crippen molar-refractivity contribution >= 4 is 34.6 Å². The van der Waals surface area contributed by atoms with Crippen molar-refractivity contribution in [2.24, 2.45) is 16.3 Å². The van der Waals surface area contributed by atoms with Gasteiger partial charge in [0.2, 0.25) is 0 Å². The van der Waals surface area contributed by atoms with Crippen LogP contribution in [0.2, 0.25) is 0 Å². The van der Waals surface area contributed by atoms with Gasteiger partial charge in [-0.1, -0.05) is 26.0 Å². The van der Waals surface area contributed by atoms with Crippen LogP contribution in [0, 0.1) is 12.3 Å². The molecule has 1 aliphatic carbocycles. The fourth-order valence-corrected chi connectivity index (χ4v) is 3.62. The number of benzene rings is 1. The van der Waals surface area contributed by atoms with Gasteiger partial charge in [-0.25, -0.2) is 0 Å². The van der Waals surface area contributed by atoms with Gasteiger partial charge >= 0.3 is 0 Å². The Bertz CT molecular complexity index is 978. The summed E-state index contributed by atoms with van der Waals surface area (Å²) in [5, 5.41) is 7.35. The molecule has 8 heteroatoms. The molecule has 1 heterocycles. The van der Waals surface area contributed by atoms with Gasteiger partial charge in [0.05, 0.1) is 18.0 Å². The normalized spacial score (nSPS) is 16.2. The van der Waals surface area contributed by atoms with E-state index in [2.05, 4.69) is 29.7 Å². The number of nitrogens with one attached hydrogen (secondary N) is 2. The van der Waals surface area contributed by atoms with Crippen molar-refractivity contribution < 1.29 is 13.9 Å². The Labute approximate surface area is 175 Å². The molecule has 3 rings (SSSR count). The zero-order chi connectivity index (χ0) is 21.2. The number of carbonyl (C=O) groups excluding carboxylic acids is 1. The van der Waals surface area contributed by atoms with E-state index in [1.165, 1.54) is 0 Å². The molecule has 1 aromatic heterocycles. The van der Waals surface area contributed by atoms with E-state index in [0.29, 0.717) is 30.9 Å². The highest BCUT2D eigenvalue weighted by Crippen LogP contribution is 2.39. The lowest BCUT2D eigenvalue weighted by Crippen LogP contribution is -2.31. The van der Waals surface area contributed by atoms with Crippen molar-refractivity contribution in [1.82, 2.24) is 5.43 Å². The molecule has 4 N–H and O–H groups in total. The Morgan fingerprint density at radius 1 is 1.34 bits per heavy atom. The highest BCUT2D eigenvalue weighted by atomic mass is 32.1. The molecule has 0 fully saturated rings. The molecule has 0 saturated heterocycles. The maximum atomic E-state index is 13.0. The molecule has 0 radical (unpaired) electrons. The molecule has 29 heavy (non-hydrogen) atoms. The molecule has 1 aliphatic rings. The molecule has 2 aromatic rings. The molecule has 7 nitrogen and oxygen atoms in total. The van der Waals surface area contributed by atoms with Crippen LogP contribution < -0.4 is 21.2 Å². The zero-order valence-electron chi connectivity index (χ0n) is 17.1. The number of fused-ring (bicyclic) bond motifs is 1. The number of anilines is 1. The highest BCUT2D eigenvalue weighted by Gasteiger charge is 2.36. The maximum Gasteiger partial charge on any atom is 0.291 e. The summed E-state index contributed by atoms with van der Waals surface area (Å²) in [6.45, 7) is 8.52. The molecular formula is C21H26N4O3S. The lowest BCUT2D eigenvalue weighted by Gasteiger charge is -2.29. The molecule has 0 atom stereocenters. The molecule has 0 bridgehead atoms. The third kappa shape index (κ3) is 4.59. The van der Waals surface area contributed by atoms with E-state index in [0.717, 1.165) is 22.6 Å². The average Bonchev–Trinajstić information content (AvgIpc) is 2.96. The fourth-order valence-electron chi connectivity index (χ4n) is 3.58. The third-order valence-corrected chi connectivity index (χ3v) is 4.83. The number of ether oxygens (including phenoxy) is 1. The Morgan fingerprint density at radius 3 is 2.76 bits per heavy atom. The topological polar surface area (TPSA) is 102 Å². The number of para-hydroxylation sites is 2. The van der Waals surface area contributed by atoms with E-state index < -0.39 is 0 Å². The van der Waals surface area contributed by atoms with Crippen molar-refractivity contribution in [3.63, 3.8) is 0 Å². The predicted molar refractivity (Wildman–Crippen MR) is 118 cm³/mol. The van der Waals surface area contributed by atoms with Gasteiger partial charge in [0.1, 0.15) is 11.5 Å². The second-order valence-corrected chi connectivity index (χ2v) is 8.23. The number of nitrogens with zero attached hydrogens (tertiary/aromatic N) is 1. The molecule has 0 saturated carbocycles. The van der Waals surface area contributed by atoms with Crippen LogP contribution in [0.25, 0.3) is 0 Å². The zero-order valence-corrected chi connectivity index (χ0v) is 17.9. The van der Waals surface area contributed by atoms with Crippen LogP contribution in [0.15, 0.2) is 33.8 Å². The summed E-state index contributed by atoms with van der Waals surface area (Å²) in [5.41, 5.74) is 11.1. The Hall–Kier alpha value is -2.87. The fraction of sp³-hybridized carbons (Fsp3) is 0.381. The van der Waals surface area contributed by atoms with E-state index in [1.54, 1.807) is 6.07 Å². The molecule has 0 spiro atoms. The minimum atomic E-state index is -0.330. The van der Waals surface area contributed by atoms with Crippen LogP contribution in [-0.4, -0.2) is 23.3 Å². The SMILES string of the molecule is CCOc1ccccc1NC(=O)c1oc2c(c1C)/C(=N\NC(N)=S)CC(C)(C)C2. The van der Waals surface area contributed by atoms with Crippen LogP contribution in [0.5, 0.6) is 5.75 Å². The molecule has 1 amide bonds. The Balaban J connectivity index is 1.96. The molecular weight excluding hydrogens is 388 g/mol. The van der Waals surface area contributed by atoms with Crippen LogP contribution in [0.3, 0.4) is 0 Å². The second kappa shape index (κ2) is 8.24. The van der Waals surface area contributed by atoms with Crippen molar-refractivity contribution in [2.75, 3.05) is 11.9 Å². The standard InChI is InChI=1S/C21H26N4O3S/c1-5-27-15-9-7-6-8-13(15)23-19(26)18-12(2)17-14(24-25-20(22)29)10-21(3,4)11-16(17)28-18/h6-9H,5,10-11H2,1-4H3,(H,23,26)(H3,22,25,29)/b24-14-. The number of hydrazone groups is 1. The summed E-state index contributed by atoms with van der Waals surface area (Å²) in [5.74, 6) is 1.29. The Kier molecular flexibility index (Phi) is 5.93. The van der Waals surface area contributed by atoms with Crippen molar-refractivity contribution in [2.45, 2.75) is 40.5 Å². The number of rotatable bonds is 5. The number of carbonyl (C=O) groups is 1. The maximum absolute atomic E-state index is 13.0. The van der Waals surface area contributed by atoms with Crippen molar-refractivity contribution in [3.8, 4) is 5.75 Å². The third-order valence-electron chi connectivity index (χ3n) is 4.74. The lowest BCUT2D eigenvalue weighted by atomic mass is 9.75. The van der Waals surface area contributed by atoms with Crippen molar-refractivity contribution in [3.05, 3.63) is 46.9 Å². The lowest BCUT2D eigenvalue weighted by molar-refractivity contribution is 0.0992. The van der Waals surface area contributed by atoms with Crippen LogP contribution in [0.4, 0.5) is 5.69 Å². The molecule has 154 valence electrons.